The molecule has 0 radical (unpaired) electrons. The Hall–Kier alpha value is -2.76. The quantitative estimate of drug-likeness (QED) is 0.724. The Bertz CT molecular complexity index is 721. The predicted molar refractivity (Wildman–Crippen MR) is 91.4 cm³/mol. The minimum absolute atomic E-state index is 0.104. The van der Waals surface area contributed by atoms with Crippen LogP contribution in [0.2, 0.25) is 0 Å². The van der Waals surface area contributed by atoms with Gasteiger partial charge >= 0.3 is 5.97 Å². The van der Waals surface area contributed by atoms with Crippen molar-refractivity contribution in [3.8, 4) is 0 Å². The topological polar surface area (TPSA) is 72.4 Å². The van der Waals surface area contributed by atoms with Gasteiger partial charge in [-0.25, -0.2) is 4.98 Å². The molecule has 6 heteroatoms. The summed E-state index contributed by atoms with van der Waals surface area (Å²) in [5.41, 5.74) is 1.35. The summed E-state index contributed by atoms with van der Waals surface area (Å²) in [6.07, 6.45) is 5.27. The molecule has 6 nitrogen and oxygen atoms in total. The van der Waals surface area contributed by atoms with Gasteiger partial charge in [0, 0.05) is 25.5 Å². The van der Waals surface area contributed by atoms with E-state index in [4.69, 9.17) is 4.74 Å². The molecule has 0 unspecified atom stereocenters. The van der Waals surface area contributed by atoms with Crippen LogP contribution in [0.15, 0.2) is 48.9 Å². The van der Waals surface area contributed by atoms with Crippen molar-refractivity contribution in [1.29, 1.82) is 0 Å². The summed E-state index contributed by atoms with van der Waals surface area (Å²) in [4.78, 5) is 34.5. The van der Waals surface area contributed by atoms with Crippen molar-refractivity contribution in [2.75, 3.05) is 13.2 Å². The molecule has 25 heavy (non-hydrogen) atoms. The van der Waals surface area contributed by atoms with Gasteiger partial charge in [0.15, 0.2) is 0 Å². The van der Waals surface area contributed by atoms with E-state index in [2.05, 4.69) is 9.97 Å². The van der Waals surface area contributed by atoms with Gasteiger partial charge in [-0.3, -0.25) is 14.6 Å². The lowest BCUT2D eigenvalue weighted by Crippen LogP contribution is -2.33. The van der Waals surface area contributed by atoms with Crippen LogP contribution in [-0.2, 0) is 16.1 Å². The smallest absolute Gasteiger partial charge is 0.309 e. The summed E-state index contributed by atoms with van der Waals surface area (Å²) in [6, 6.07) is 9.78. The van der Waals surface area contributed by atoms with Crippen molar-refractivity contribution < 1.29 is 14.3 Å². The first-order chi connectivity index (χ1) is 12.2. The molecule has 2 aromatic rings. The number of aromatic nitrogens is 2. The van der Waals surface area contributed by atoms with E-state index in [-0.39, 0.29) is 23.7 Å². The van der Waals surface area contributed by atoms with Crippen LogP contribution in [0.1, 0.15) is 29.4 Å². The molecule has 1 aliphatic rings. The first-order valence-corrected chi connectivity index (χ1v) is 8.45. The number of amides is 1. The number of carbonyl (C=O) groups excluding carboxylic acids is 2. The maximum absolute atomic E-state index is 12.8. The maximum atomic E-state index is 12.8. The highest BCUT2D eigenvalue weighted by atomic mass is 16.5. The number of rotatable bonds is 7. The Labute approximate surface area is 146 Å². The van der Waals surface area contributed by atoms with Gasteiger partial charge in [0.25, 0.3) is 5.91 Å². The molecule has 1 aromatic heterocycles. The van der Waals surface area contributed by atoms with Crippen molar-refractivity contribution in [2.45, 2.75) is 19.9 Å². The SMILES string of the molecule is CCOC(=O)[C@@H]1C[C@@H]1CN(Cc1ccccc1)C(=O)c1cnccn1. The number of carbonyl (C=O) groups is 2. The molecule has 0 bridgehead atoms. The lowest BCUT2D eigenvalue weighted by Gasteiger charge is -2.22. The van der Waals surface area contributed by atoms with E-state index in [1.807, 2.05) is 30.3 Å². The standard InChI is InChI=1S/C19H21N3O3/c1-2-25-19(24)16-10-15(16)13-22(12-14-6-4-3-5-7-14)18(23)17-11-20-8-9-21-17/h3-9,11,15-16H,2,10,12-13H2,1H3/t15-,16-/m1/s1. The second kappa shape index (κ2) is 7.88. The molecular formula is C19H21N3O3. The minimum Gasteiger partial charge on any atom is -0.466 e. The Balaban J connectivity index is 1.71. The average molecular weight is 339 g/mol. The number of hydrogen-bond donors (Lipinski definition) is 0. The normalized spacial score (nSPS) is 18.4. The van der Waals surface area contributed by atoms with Gasteiger partial charge in [-0.05, 0) is 24.8 Å². The second-order valence-electron chi connectivity index (χ2n) is 6.12. The first kappa shape index (κ1) is 17.1. The van der Waals surface area contributed by atoms with E-state index in [0.717, 1.165) is 12.0 Å². The number of hydrogen-bond acceptors (Lipinski definition) is 5. The number of benzene rings is 1. The fourth-order valence-corrected chi connectivity index (χ4v) is 2.87. The average Bonchev–Trinajstić information content (AvgIpc) is 3.42. The van der Waals surface area contributed by atoms with E-state index in [0.29, 0.717) is 25.4 Å². The Morgan fingerprint density at radius 2 is 2.04 bits per heavy atom. The molecule has 1 aromatic carbocycles. The largest absolute Gasteiger partial charge is 0.466 e. The van der Waals surface area contributed by atoms with Crippen LogP contribution in [0.4, 0.5) is 0 Å². The van der Waals surface area contributed by atoms with Crippen molar-refractivity contribution >= 4 is 11.9 Å². The summed E-state index contributed by atoms with van der Waals surface area (Å²) in [5, 5.41) is 0. The van der Waals surface area contributed by atoms with Gasteiger partial charge in [0.1, 0.15) is 5.69 Å². The fraction of sp³-hybridized carbons (Fsp3) is 0.368. The van der Waals surface area contributed by atoms with E-state index < -0.39 is 0 Å². The van der Waals surface area contributed by atoms with E-state index in [9.17, 15) is 9.59 Å². The lowest BCUT2D eigenvalue weighted by atomic mass is 10.2. The molecule has 3 rings (SSSR count). The van der Waals surface area contributed by atoms with Crippen LogP contribution < -0.4 is 0 Å². The van der Waals surface area contributed by atoms with Gasteiger partial charge < -0.3 is 9.64 Å². The van der Waals surface area contributed by atoms with Crippen molar-refractivity contribution in [3.63, 3.8) is 0 Å². The zero-order chi connectivity index (χ0) is 17.6. The predicted octanol–water partition coefficient (Wildman–Crippen LogP) is 2.32. The zero-order valence-electron chi connectivity index (χ0n) is 14.2. The summed E-state index contributed by atoms with van der Waals surface area (Å²) in [6.45, 7) is 3.17. The minimum atomic E-state index is -0.175. The maximum Gasteiger partial charge on any atom is 0.309 e. The van der Waals surface area contributed by atoms with Crippen LogP contribution in [-0.4, -0.2) is 39.9 Å². The first-order valence-electron chi connectivity index (χ1n) is 8.45. The Kier molecular flexibility index (Phi) is 5.38. The third kappa shape index (κ3) is 4.41. The molecule has 130 valence electrons. The van der Waals surface area contributed by atoms with E-state index in [1.165, 1.54) is 18.6 Å². The molecule has 1 saturated carbocycles. The highest BCUT2D eigenvalue weighted by Gasteiger charge is 2.45. The monoisotopic (exact) mass is 339 g/mol. The Morgan fingerprint density at radius 3 is 2.72 bits per heavy atom. The second-order valence-corrected chi connectivity index (χ2v) is 6.12. The molecule has 1 aliphatic carbocycles. The number of esters is 1. The third-order valence-corrected chi connectivity index (χ3v) is 4.25. The molecule has 2 atom stereocenters. The summed E-state index contributed by atoms with van der Waals surface area (Å²) >= 11 is 0. The molecule has 0 spiro atoms. The summed E-state index contributed by atoms with van der Waals surface area (Å²) in [7, 11) is 0. The van der Waals surface area contributed by atoms with Crippen molar-refractivity contribution in [3.05, 3.63) is 60.2 Å². The van der Waals surface area contributed by atoms with Crippen molar-refractivity contribution in [1.82, 2.24) is 14.9 Å². The van der Waals surface area contributed by atoms with Crippen LogP contribution in [0.5, 0.6) is 0 Å². The van der Waals surface area contributed by atoms with Crippen LogP contribution in [0.25, 0.3) is 0 Å². The summed E-state index contributed by atoms with van der Waals surface area (Å²) in [5.74, 6) is -0.304. The zero-order valence-corrected chi connectivity index (χ0v) is 14.2. The molecule has 1 fully saturated rings. The number of nitrogens with zero attached hydrogens (tertiary/aromatic N) is 3. The molecule has 0 N–H and O–H groups in total. The van der Waals surface area contributed by atoms with Gasteiger partial charge in [-0.1, -0.05) is 30.3 Å². The summed E-state index contributed by atoms with van der Waals surface area (Å²) < 4.78 is 5.08. The highest BCUT2D eigenvalue weighted by Crippen LogP contribution is 2.40. The Morgan fingerprint density at radius 1 is 1.24 bits per heavy atom. The van der Waals surface area contributed by atoms with E-state index >= 15 is 0 Å². The van der Waals surface area contributed by atoms with Gasteiger partial charge in [-0.2, -0.15) is 0 Å². The number of ether oxygens (including phenoxy) is 1. The molecule has 0 saturated heterocycles. The molecule has 1 heterocycles. The lowest BCUT2D eigenvalue weighted by molar-refractivity contribution is -0.145. The fourth-order valence-electron chi connectivity index (χ4n) is 2.87. The van der Waals surface area contributed by atoms with Crippen LogP contribution >= 0.6 is 0 Å². The molecular weight excluding hydrogens is 318 g/mol. The van der Waals surface area contributed by atoms with Gasteiger partial charge in [-0.15, -0.1) is 0 Å². The van der Waals surface area contributed by atoms with E-state index in [1.54, 1.807) is 11.8 Å². The molecule has 1 amide bonds. The van der Waals surface area contributed by atoms with Gasteiger partial charge in [0.2, 0.25) is 0 Å². The van der Waals surface area contributed by atoms with Crippen LogP contribution in [0, 0.1) is 11.8 Å². The van der Waals surface area contributed by atoms with Crippen molar-refractivity contribution in [2.24, 2.45) is 11.8 Å². The molecule has 0 aliphatic heterocycles. The third-order valence-electron chi connectivity index (χ3n) is 4.25. The highest BCUT2D eigenvalue weighted by molar-refractivity contribution is 5.92. The van der Waals surface area contributed by atoms with Gasteiger partial charge in [0.05, 0.1) is 18.7 Å². The van der Waals surface area contributed by atoms with Crippen LogP contribution in [0.3, 0.4) is 0 Å².